The van der Waals surface area contributed by atoms with Crippen LogP contribution in [0.3, 0.4) is 0 Å². The van der Waals surface area contributed by atoms with Crippen LogP contribution in [0.4, 0.5) is 0 Å². The molecule has 0 radical (unpaired) electrons. The fraction of sp³-hybridized carbons (Fsp3) is 0.444. The molecule has 1 N–H and O–H groups in total. The Morgan fingerprint density at radius 1 is 1.25 bits per heavy atom. The highest BCUT2D eigenvalue weighted by molar-refractivity contribution is 5.47. The third kappa shape index (κ3) is 1.18. The first-order valence-corrected chi connectivity index (χ1v) is 4.99. The van der Waals surface area contributed by atoms with Crippen molar-refractivity contribution in [1.82, 2.24) is 29.4 Å². The molecule has 1 aliphatic heterocycles. The van der Waals surface area contributed by atoms with Crippen LogP contribution >= 0.6 is 0 Å². The molecule has 0 atom stereocenters. The molecule has 0 amide bonds. The molecule has 16 heavy (non-hydrogen) atoms. The van der Waals surface area contributed by atoms with Gasteiger partial charge in [-0.15, -0.1) is 0 Å². The van der Waals surface area contributed by atoms with Gasteiger partial charge in [-0.3, -0.25) is 0 Å². The minimum absolute atomic E-state index is 0.473. The van der Waals surface area contributed by atoms with Crippen LogP contribution in [-0.2, 0) is 27.2 Å². The van der Waals surface area contributed by atoms with Crippen LogP contribution in [0.15, 0.2) is 6.33 Å². The zero-order chi connectivity index (χ0) is 11.3. The lowest BCUT2D eigenvalue weighted by atomic mass is 10.4. The van der Waals surface area contributed by atoms with Gasteiger partial charge in [-0.05, 0) is 0 Å². The van der Waals surface area contributed by atoms with Gasteiger partial charge in [0, 0.05) is 14.1 Å². The second kappa shape index (κ2) is 3.13. The van der Waals surface area contributed by atoms with Crippen LogP contribution in [0.1, 0.15) is 11.4 Å². The van der Waals surface area contributed by atoms with Crippen LogP contribution in [0.2, 0.25) is 0 Å². The smallest absolute Gasteiger partial charge is 0.194 e. The van der Waals surface area contributed by atoms with E-state index in [2.05, 4.69) is 15.1 Å². The standard InChI is InChI=1S/C9H12N6O/c1-13-7-4-15(16)3-6(7)12-9(13)8-10-5-11-14(8)2/h5,16H,3-4H2,1-2H3. The number of aryl methyl sites for hydroxylation is 1. The van der Waals surface area contributed by atoms with Crippen molar-refractivity contribution >= 4 is 0 Å². The Kier molecular flexibility index (Phi) is 1.86. The van der Waals surface area contributed by atoms with E-state index < -0.39 is 0 Å². The van der Waals surface area contributed by atoms with Crippen molar-refractivity contribution in [2.45, 2.75) is 13.1 Å². The van der Waals surface area contributed by atoms with Crippen molar-refractivity contribution in [3.05, 3.63) is 17.7 Å². The number of rotatable bonds is 1. The van der Waals surface area contributed by atoms with Gasteiger partial charge in [0.25, 0.3) is 0 Å². The van der Waals surface area contributed by atoms with E-state index in [9.17, 15) is 5.21 Å². The topological polar surface area (TPSA) is 72.0 Å². The molecule has 0 unspecified atom stereocenters. The molecule has 0 spiro atoms. The molecule has 2 aromatic heterocycles. The Morgan fingerprint density at radius 2 is 2.06 bits per heavy atom. The molecule has 7 nitrogen and oxygen atoms in total. The second-order valence-corrected chi connectivity index (χ2v) is 3.92. The van der Waals surface area contributed by atoms with Crippen molar-refractivity contribution in [1.29, 1.82) is 0 Å². The van der Waals surface area contributed by atoms with Gasteiger partial charge in [-0.1, -0.05) is 0 Å². The molecule has 7 heteroatoms. The summed E-state index contributed by atoms with van der Waals surface area (Å²) >= 11 is 0. The molecule has 2 aromatic rings. The van der Waals surface area contributed by atoms with E-state index in [4.69, 9.17) is 0 Å². The lowest BCUT2D eigenvalue weighted by Gasteiger charge is -2.07. The van der Waals surface area contributed by atoms with Gasteiger partial charge in [0.05, 0.1) is 24.5 Å². The monoisotopic (exact) mass is 220 g/mol. The van der Waals surface area contributed by atoms with Gasteiger partial charge < -0.3 is 9.77 Å². The van der Waals surface area contributed by atoms with E-state index in [0.29, 0.717) is 13.1 Å². The third-order valence-corrected chi connectivity index (χ3v) is 2.87. The summed E-state index contributed by atoms with van der Waals surface area (Å²) in [4.78, 5) is 8.65. The van der Waals surface area contributed by atoms with Gasteiger partial charge in [0.1, 0.15) is 6.33 Å². The number of hydrogen-bond donors (Lipinski definition) is 1. The zero-order valence-corrected chi connectivity index (χ0v) is 9.12. The molecule has 0 fully saturated rings. The van der Waals surface area contributed by atoms with Crippen LogP contribution in [0.5, 0.6) is 0 Å². The highest BCUT2D eigenvalue weighted by Gasteiger charge is 2.26. The summed E-state index contributed by atoms with van der Waals surface area (Å²) in [6.45, 7) is 0.984. The van der Waals surface area contributed by atoms with Gasteiger partial charge in [0.15, 0.2) is 11.6 Å². The Labute approximate surface area is 91.9 Å². The van der Waals surface area contributed by atoms with E-state index in [1.165, 1.54) is 11.4 Å². The molecule has 0 saturated carbocycles. The average molecular weight is 220 g/mol. The Balaban J connectivity index is 2.12. The van der Waals surface area contributed by atoms with Crippen LogP contribution < -0.4 is 0 Å². The maximum atomic E-state index is 9.39. The number of fused-ring (bicyclic) bond motifs is 1. The predicted octanol–water partition coefficient (Wildman–Crippen LogP) is -0.0796. The zero-order valence-electron chi connectivity index (χ0n) is 9.12. The molecule has 0 aliphatic carbocycles. The molecule has 1 aliphatic rings. The maximum absolute atomic E-state index is 9.39. The van der Waals surface area contributed by atoms with Gasteiger partial charge in [-0.25, -0.2) is 14.6 Å². The van der Waals surface area contributed by atoms with E-state index in [1.54, 1.807) is 4.68 Å². The first kappa shape index (κ1) is 9.49. The minimum atomic E-state index is 0.473. The number of aromatic nitrogens is 5. The van der Waals surface area contributed by atoms with E-state index in [0.717, 1.165) is 23.0 Å². The maximum Gasteiger partial charge on any atom is 0.194 e. The summed E-state index contributed by atoms with van der Waals surface area (Å²) in [7, 11) is 3.76. The first-order chi connectivity index (χ1) is 7.66. The summed E-state index contributed by atoms with van der Waals surface area (Å²) < 4.78 is 3.64. The summed E-state index contributed by atoms with van der Waals surface area (Å²) in [6, 6.07) is 0. The van der Waals surface area contributed by atoms with Crippen molar-refractivity contribution in [3.8, 4) is 11.6 Å². The van der Waals surface area contributed by atoms with Gasteiger partial charge in [-0.2, -0.15) is 10.2 Å². The third-order valence-electron chi connectivity index (χ3n) is 2.87. The van der Waals surface area contributed by atoms with E-state index in [1.807, 2.05) is 18.7 Å². The summed E-state index contributed by atoms with van der Waals surface area (Å²) in [5.41, 5.74) is 1.93. The highest BCUT2D eigenvalue weighted by Crippen LogP contribution is 2.25. The van der Waals surface area contributed by atoms with Crippen molar-refractivity contribution in [3.63, 3.8) is 0 Å². The van der Waals surface area contributed by atoms with Gasteiger partial charge in [0.2, 0.25) is 0 Å². The number of imidazole rings is 1. The number of hydrogen-bond acceptors (Lipinski definition) is 5. The predicted molar refractivity (Wildman–Crippen MR) is 54.2 cm³/mol. The molecule has 3 heterocycles. The van der Waals surface area contributed by atoms with Crippen LogP contribution in [0.25, 0.3) is 11.6 Å². The molecule has 0 aromatic carbocycles. The molecule has 0 saturated heterocycles. The van der Waals surface area contributed by atoms with Crippen molar-refractivity contribution < 1.29 is 5.21 Å². The summed E-state index contributed by atoms with van der Waals surface area (Å²) in [6.07, 6.45) is 1.51. The molecule has 0 bridgehead atoms. The average Bonchev–Trinajstić information content (AvgIpc) is 2.85. The molecular weight excluding hydrogens is 208 g/mol. The quantitative estimate of drug-likeness (QED) is 0.727. The Bertz CT molecular complexity index is 542. The lowest BCUT2D eigenvalue weighted by molar-refractivity contribution is -0.0984. The van der Waals surface area contributed by atoms with Gasteiger partial charge >= 0.3 is 0 Å². The van der Waals surface area contributed by atoms with E-state index in [-0.39, 0.29) is 0 Å². The van der Waals surface area contributed by atoms with Crippen molar-refractivity contribution in [2.24, 2.45) is 14.1 Å². The largest absolute Gasteiger partial charge is 0.327 e. The fourth-order valence-corrected chi connectivity index (χ4v) is 2.01. The van der Waals surface area contributed by atoms with Crippen LogP contribution in [-0.4, -0.2) is 34.6 Å². The Morgan fingerprint density at radius 3 is 2.69 bits per heavy atom. The first-order valence-electron chi connectivity index (χ1n) is 4.99. The number of nitrogens with zero attached hydrogens (tertiary/aromatic N) is 6. The normalized spacial score (nSPS) is 15.7. The molecular formula is C9H12N6O. The molecule has 84 valence electrons. The highest BCUT2D eigenvalue weighted by atomic mass is 16.5. The van der Waals surface area contributed by atoms with Crippen LogP contribution in [0, 0.1) is 0 Å². The SMILES string of the molecule is Cn1ncnc1-c1nc2c(n1C)CN(O)C2. The minimum Gasteiger partial charge on any atom is -0.327 e. The fourth-order valence-electron chi connectivity index (χ4n) is 2.01. The van der Waals surface area contributed by atoms with Crippen molar-refractivity contribution in [2.75, 3.05) is 0 Å². The summed E-state index contributed by atoms with van der Waals surface area (Å²) in [5.74, 6) is 1.53. The lowest BCUT2D eigenvalue weighted by Crippen LogP contribution is -2.12. The van der Waals surface area contributed by atoms with E-state index >= 15 is 0 Å². The second-order valence-electron chi connectivity index (χ2n) is 3.92. The number of hydroxylamine groups is 2. The molecule has 3 rings (SSSR count). The summed E-state index contributed by atoms with van der Waals surface area (Å²) in [5, 5.41) is 14.7. The Hall–Kier alpha value is -1.73.